The average molecular weight is 441 g/mol. The highest BCUT2D eigenvalue weighted by atomic mass is 35.5. The molecule has 2 fully saturated rings. The molecule has 0 radical (unpaired) electrons. The first-order valence-corrected chi connectivity index (χ1v) is 11.8. The molecule has 1 aromatic heterocycles. The zero-order valence-electron chi connectivity index (χ0n) is 17.9. The van der Waals surface area contributed by atoms with Crippen LogP contribution in [0.4, 0.5) is 0 Å². The standard InChI is InChI=1S/C24H29ClN4O2/c1-24(23(31)26-18-8-3-2-4-9-18)15-29-21(13-20(27-29)16-11-12-16)22(30)28(24)14-17-7-5-6-10-19(17)25/h5-7,10,13,16,18H,2-4,8-9,11-12,14-15H2,1H3,(H,26,31)/t24-/m1/s1. The number of carbonyl (C=O) groups excluding carboxylic acids is 2. The minimum absolute atomic E-state index is 0.103. The van der Waals surface area contributed by atoms with Gasteiger partial charge in [0.05, 0.1) is 12.2 Å². The molecule has 1 aromatic carbocycles. The summed E-state index contributed by atoms with van der Waals surface area (Å²) in [5.74, 6) is 0.186. The molecule has 5 rings (SSSR count). The SMILES string of the molecule is C[C@]1(C(=O)NC2CCCCC2)Cn2nc(C3CC3)cc2C(=O)N1Cc1ccccc1Cl. The van der Waals surface area contributed by atoms with Crippen LogP contribution >= 0.6 is 11.6 Å². The van der Waals surface area contributed by atoms with Crippen molar-refractivity contribution in [1.29, 1.82) is 0 Å². The van der Waals surface area contributed by atoms with E-state index in [2.05, 4.69) is 5.32 Å². The van der Waals surface area contributed by atoms with Gasteiger partial charge in [-0.2, -0.15) is 5.10 Å². The summed E-state index contributed by atoms with van der Waals surface area (Å²) in [5, 5.41) is 8.56. The Balaban J connectivity index is 1.49. The van der Waals surface area contributed by atoms with Gasteiger partial charge in [-0.1, -0.05) is 49.1 Å². The molecule has 2 amide bonds. The zero-order chi connectivity index (χ0) is 21.6. The molecular weight excluding hydrogens is 412 g/mol. The summed E-state index contributed by atoms with van der Waals surface area (Å²) in [7, 11) is 0. The summed E-state index contributed by atoms with van der Waals surface area (Å²) < 4.78 is 1.75. The Bertz CT molecular complexity index is 1010. The van der Waals surface area contributed by atoms with Gasteiger partial charge in [-0.15, -0.1) is 0 Å². The highest BCUT2D eigenvalue weighted by molar-refractivity contribution is 6.31. The van der Waals surface area contributed by atoms with Crippen molar-refractivity contribution < 1.29 is 9.59 Å². The summed E-state index contributed by atoms with van der Waals surface area (Å²) in [6, 6.07) is 9.60. The molecule has 31 heavy (non-hydrogen) atoms. The largest absolute Gasteiger partial charge is 0.351 e. The fourth-order valence-electron chi connectivity index (χ4n) is 4.87. The Kier molecular flexibility index (Phi) is 5.29. The van der Waals surface area contributed by atoms with Crippen LogP contribution in [0, 0.1) is 0 Å². The van der Waals surface area contributed by atoms with Gasteiger partial charge in [-0.05, 0) is 50.3 Å². The summed E-state index contributed by atoms with van der Waals surface area (Å²) in [6.07, 6.45) is 7.73. The topological polar surface area (TPSA) is 67.2 Å². The number of nitrogens with zero attached hydrogens (tertiary/aromatic N) is 3. The molecule has 1 N–H and O–H groups in total. The van der Waals surface area contributed by atoms with Crippen molar-refractivity contribution in [3.05, 3.63) is 52.3 Å². The predicted octanol–water partition coefficient (Wildman–Crippen LogP) is 4.28. The minimum atomic E-state index is -1.03. The van der Waals surface area contributed by atoms with Crippen molar-refractivity contribution >= 4 is 23.4 Å². The number of hydrogen-bond acceptors (Lipinski definition) is 3. The van der Waals surface area contributed by atoms with Crippen molar-refractivity contribution in [1.82, 2.24) is 20.0 Å². The van der Waals surface area contributed by atoms with Gasteiger partial charge >= 0.3 is 0 Å². The van der Waals surface area contributed by atoms with E-state index < -0.39 is 5.54 Å². The third-order valence-electron chi connectivity index (χ3n) is 7.03. The molecule has 0 saturated heterocycles. The van der Waals surface area contributed by atoms with Crippen LogP contribution in [0.3, 0.4) is 0 Å². The first-order chi connectivity index (χ1) is 15.0. The van der Waals surface area contributed by atoms with Crippen molar-refractivity contribution in [3.63, 3.8) is 0 Å². The molecule has 2 saturated carbocycles. The molecular formula is C24H29ClN4O2. The molecule has 7 heteroatoms. The average Bonchev–Trinajstić information content (AvgIpc) is 3.53. The highest BCUT2D eigenvalue weighted by Gasteiger charge is 2.49. The van der Waals surface area contributed by atoms with E-state index in [1.54, 1.807) is 9.58 Å². The molecule has 0 bridgehead atoms. The van der Waals surface area contributed by atoms with E-state index in [4.69, 9.17) is 16.7 Å². The van der Waals surface area contributed by atoms with Gasteiger partial charge in [0.15, 0.2) is 0 Å². The molecule has 1 atom stereocenters. The quantitative estimate of drug-likeness (QED) is 0.754. The summed E-state index contributed by atoms with van der Waals surface area (Å²) in [4.78, 5) is 28.9. The number of fused-ring (bicyclic) bond motifs is 1. The van der Waals surface area contributed by atoms with Gasteiger partial charge in [0.1, 0.15) is 11.2 Å². The number of halogens is 1. The number of nitrogens with one attached hydrogen (secondary N) is 1. The van der Waals surface area contributed by atoms with Crippen molar-refractivity contribution in [2.24, 2.45) is 0 Å². The lowest BCUT2D eigenvalue weighted by Crippen LogP contribution is -2.64. The van der Waals surface area contributed by atoms with Crippen LogP contribution in [-0.2, 0) is 17.9 Å². The molecule has 2 heterocycles. The third-order valence-corrected chi connectivity index (χ3v) is 7.40. The van der Waals surface area contributed by atoms with E-state index in [1.807, 2.05) is 37.3 Å². The van der Waals surface area contributed by atoms with Gasteiger partial charge in [-0.25, -0.2) is 0 Å². The maximum absolute atomic E-state index is 13.6. The van der Waals surface area contributed by atoms with E-state index >= 15 is 0 Å². The van der Waals surface area contributed by atoms with E-state index in [-0.39, 0.29) is 24.4 Å². The van der Waals surface area contributed by atoms with Gasteiger partial charge in [0.25, 0.3) is 5.91 Å². The van der Waals surface area contributed by atoms with Crippen molar-refractivity contribution in [2.75, 3.05) is 0 Å². The summed E-state index contributed by atoms with van der Waals surface area (Å²) >= 11 is 6.42. The van der Waals surface area contributed by atoms with Crippen LogP contribution in [0.25, 0.3) is 0 Å². The second-order valence-corrected chi connectivity index (χ2v) is 9.86. The molecule has 2 aromatic rings. The molecule has 3 aliphatic rings. The Morgan fingerprint density at radius 1 is 1.19 bits per heavy atom. The van der Waals surface area contributed by atoms with Gasteiger partial charge in [-0.3, -0.25) is 14.3 Å². The Hall–Kier alpha value is -2.34. The number of amides is 2. The molecule has 0 spiro atoms. The lowest BCUT2D eigenvalue weighted by Gasteiger charge is -2.44. The smallest absolute Gasteiger partial charge is 0.273 e. The van der Waals surface area contributed by atoms with Crippen LogP contribution in [0.2, 0.25) is 5.02 Å². The molecule has 6 nitrogen and oxygen atoms in total. The number of carbonyl (C=O) groups is 2. The molecule has 2 aliphatic carbocycles. The van der Waals surface area contributed by atoms with Crippen molar-refractivity contribution in [2.45, 2.75) is 82.5 Å². The van der Waals surface area contributed by atoms with Gasteiger partial charge in [0.2, 0.25) is 5.91 Å². The summed E-state index contributed by atoms with van der Waals surface area (Å²) in [5.41, 5.74) is 1.34. The first kappa shape index (κ1) is 20.6. The fraction of sp³-hybridized carbons (Fsp3) is 0.542. The van der Waals surface area contributed by atoms with E-state index in [0.717, 1.165) is 49.8 Å². The number of benzene rings is 1. The Labute approximate surface area is 187 Å². The normalized spacial score (nSPS) is 24.2. The lowest BCUT2D eigenvalue weighted by atomic mass is 9.91. The second-order valence-electron chi connectivity index (χ2n) is 9.45. The van der Waals surface area contributed by atoms with Gasteiger partial charge < -0.3 is 10.2 Å². The monoisotopic (exact) mass is 440 g/mol. The van der Waals surface area contributed by atoms with E-state index in [1.165, 1.54) is 6.42 Å². The zero-order valence-corrected chi connectivity index (χ0v) is 18.7. The second kappa shape index (κ2) is 7.97. The van der Waals surface area contributed by atoms with Crippen LogP contribution < -0.4 is 5.32 Å². The van der Waals surface area contributed by atoms with Gasteiger partial charge in [0, 0.05) is 23.5 Å². The number of rotatable bonds is 5. The maximum atomic E-state index is 13.6. The Morgan fingerprint density at radius 3 is 2.65 bits per heavy atom. The molecule has 1 aliphatic heterocycles. The summed E-state index contributed by atoms with van der Waals surface area (Å²) in [6.45, 7) is 2.50. The highest BCUT2D eigenvalue weighted by Crippen LogP contribution is 2.41. The Morgan fingerprint density at radius 2 is 1.94 bits per heavy atom. The molecule has 164 valence electrons. The van der Waals surface area contributed by atoms with Crippen LogP contribution in [0.1, 0.15) is 79.5 Å². The van der Waals surface area contributed by atoms with E-state index in [0.29, 0.717) is 23.2 Å². The minimum Gasteiger partial charge on any atom is -0.351 e. The van der Waals surface area contributed by atoms with Crippen LogP contribution in [0.5, 0.6) is 0 Å². The fourth-order valence-corrected chi connectivity index (χ4v) is 5.07. The third kappa shape index (κ3) is 3.86. The lowest BCUT2D eigenvalue weighted by molar-refractivity contribution is -0.134. The predicted molar refractivity (Wildman–Crippen MR) is 119 cm³/mol. The van der Waals surface area contributed by atoms with Crippen LogP contribution in [0.15, 0.2) is 30.3 Å². The maximum Gasteiger partial charge on any atom is 0.273 e. The number of hydrogen-bond donors (Lipinski definition) is 1. The van der Waals surface area contributed by atoms with E-state index in [9.17, 15) is 9.59 Å². The number of aromatic nitrogens is 2. The van der Waals surface area contributed by atoms with Crippen molar-refractivity contribution in [3.8, 4) is 0 Å². The van der Waals surface area contributed by atoms with Crippen LogP contribution in [-0.4, -0.2) is 38.1 Å². The molecule has 0 unspecified atom stereocenters. The first-order valence-electron chi connectivity index (χ1n) is 11.4.